The van der Waals surface area contributed by atoms with Gasteiger partial charge in [-0.15, -0.1) is 0 Å². The Balaban J connectivity index is 3.70. The van der Waals surface area contributed by atoms with Crippen molar-refractivity contribution in [2.75, 3.05) is 13.2 Å². The number of aliphatic hydroxyl groups excluding tert-OH is 1. The molecular formula is C53H82O5. The van der Waals surface area contributed by atoms with Gasteiger partial charge in [0.05, 0.1) is 6.61 Å². The van der Waals surface area contributed by atoms with Crippen molar-refractivity contribution < 1.29 is 24.2 Å². The van der Waals surface area contributed by atoms with E-state index in [0.29, 0.717) is 12.8 Å². The molecule has 0 aliphatic carbocycles. The highest BCUT2D eigenvalue weighted by Crippen LogP contribution is 2.11. The lowest BCUT2D eigenvalue weighted by Gasteiger charge is -2.15. The molecule has 0 fully saturated rings. The van der Waals surface area contributed by atoms with Crippen LogP contribution in [-0.2, 0) is 19.1 Å². The Morgan fingerprint density at radius 2 is 0.690 bits per heavy atom. The molecule has 5 nitrogen and oxygen atoms in total. The predicted octanol–water partition coefficient (Wildman–Crippen LogP) is 15.0. The number of allylic oxidation sites excluding steroid dienone is 22. The number of carbonyl (C=O) groups excluding carboxylic acids is 2. The zero-order chi connectivity index (χ0) is 42.1. The Hall–Kier alpha value is -3.96. The number of hydrogen-bond donors (Lipinski definition) is 1. The van der Waals surface area contributed by atoms with Gasteiger partial charge in [-0.05, 0) is 109 Å². The molecule has 5 heteroatoms. The fraction of sp³-hybridized carbons (Fsp3) is 0.547. The fourth-order valence-electron chi connectivity index (χ4n) is 5.58. The van der Waals surface area contributed by atoms with E-state index in [1.807, 2.05) is 0 Å². The zero-order valence-electron chi connectivity index (χ0n) is 36.7. The summed E-state index contributed by atoms with van der Waals surface area (Å²) in [5, 5.41) is 9.59. The third-order valence-corrected chi connectivity index (χ3v) is 8.94. The summed E-state index contributed by atoms with van der Waals surface area (Å²) in [7, 11) is 0. The zero-order valence-corrected chi connectivity index (χ0v) is 36.7. The van der Waals surface area contributed by atoms with Gasteiger partial charge in [0.15, 0.2) is 6.10 Å². The summed E-state index contributed by atoms with van der Waals surface area (Å²) >= 11 is 0. The van der Waals surface area contributed by atoms with Crippen molar-refractivity contribution in [1.82, 2.24) is 0 Å². The number of hydrogen-bond acceptors (Lipinski definition) is 5. The molecule has 1 atom stereocenters. The predicted molar refractivity (Wildman–Crippen MR) is 251 cm³/mol. The Morgan fingerprint density at radius 3 is 1.03 bits per heavy atom. The van der Waals surface area contributed by atoms with Crippen LogP contribution in [0.4, 0.5) is 0 Å². The Labute approximate surface area is 355 Å². The van der Waals surface area contributed by atoms with Crippen LogP contribution in [0.1, 0.15) is 168 Å². The van der Waals surface area contributed by atoms with Gasteiger partial charge in [0.2, 0.25) is 0 Å². The number of rotatable bonds is 39. The number of carbonyl (C=O) groups is 2. The van der Waals surface area contributed by atoms with Crippen molar-refractivity contribution in [1.29, 1.82) is 0 Å². The van der Waals surface area contributed by atoms with Crippen LogP contribution in [0.5, 0.6) is 0 Å². The first kappa shape index (κ1) is 54.0. The minimum atomic E-state index is -0.803. The van der Waals surface area contributed by atoms with Crippen LogP contribution in [0.15, 0.2) is 134 Å². The van der Waals surface area contributed by atoms with E-state index in [4.69, 9.17) is 9.47 Å². The van der Waals surface area contributed by atoms with Gasteiger partial charge in [0.25, 0.3) is 0 Å². The summed E-state index contributed by atoms with van der Waals surface area (Å²) in [6.07, 6.45) is 70.9. The molecule has 58 heavy (non-hydrogen) atoms. The molecule has 0 amide bonds. The highest BCUT2D eigenvalue weighted by Gasteiger charge is 2.16. The fourth-order valence-corrected chi connectivity index (χ4v) is 5.58. The van der Waals surface area contributed by atoms with Crippen molar-refractivity contribution in [3.8, 4) is 0 Å². The molecule has 0 aromatic carbocycles. The topological polar surface area (TPSA) is 72.8 Å². The molecule has 1 N–H and O–H groups in total. The monoisotopic (exact) mass is 799 g/mol. The van der Waals surface area contributed by atoms with Crippen molar-refractivity contribution >= 4 is 11.9 Å². The van der Waals surface area contributed by atoms with Crippen molar-refractivity contribution in [3.63, 3.8) is 0 Å². The molecule has 0 aromatic heterocycles. The van der Waals surface area contributed by atoms with Crippen molar-refractivity contribution in [3.05, 3.63) is 134 Å². The number of unbranched alkanes of at least 4 members (excludes halogenated alkanes) is 9. The molecule has 0 rings (SSSR count). The van der Waals surface area contributed by atoms with Gasteiger partial charge >= 0.3 is 11.9 Å². The van der Waals surface area contributed by atoms with Crippen LogP contribution in [-0.4, -0.2) is 36.4 Å². The van der Waals surface area contributed by atoms with E-state index in [0.717, 1.165) is 141 Å². The van der Waals surface area contributed by atoms with Gasteiger partial charge in [0.1, 0.15) is 6.61 Å². The molecule has 0 bridgehead atoms. The standard InChI is InChI=1S/C53H82O5/c1-3-5-7-9-11-13-15-17-19-20-21-22-23-24-25-26-27-28-29-30-31-32-34-36-38-40-42-44-46-48-53(56)58-51(49-54)50-57-52(55)47-45-43-41-39-37-35-33-18-16-14-12-10-8-6-4-2/h5-8,11-14,17-19,21-22,24-25,27-28,30-31,33-34,36,51,54H,3-4,9-10,15-16,20,23,26,29,32,35,37-50H2,1-2H3/b7-5-,8-6-,13-11-,14-12-,19-17-,22-21-,25-24-,28-27-,31-30-,33-18-,36-34-. The molecular weight excluding hydrogens is 717 g/mol. The van der Waals surface area contributed by atoms with E-state index in [-0.39, 0.29) is 25.2 Å². The van der Waals surface area contributed by atoms with Gasteiger partial charge in [-0.25, -0.2) is 0 Å². The summed E-state index contributed by atoms with van der Waals surface area (Å²) in [5.41, 5.74) is 0. The summed E-state index contributed by atoms with van der Waals surface area (Å²) in [6.45, 7) is 3.85. The maximum atomic E-state index is 12.2. The van der Waals surface area contributed by atoms with E-state index in [2.05, 4.69) is 148 Å². The van der Waals surface area contributed by atoms with Crippen LogP contribution in [0, 0.1) is 0 Å². The smallest absolute Gasteiger partial charge is 0.306 e. The maximum absolute atomic E-state index is 12.2. The lowest BCUT2D eigenvalue weighted by Crippen LogP contribution is -2.28. The van der Waals surface area contributed by atoms with Crippen molar-refractivity contribution in [2.45, 2.75) is 174 Å². The lowest BCUT2D eigenvalue weighted by atomic mass is 10.1. The van der Waals surface area contributed by atoms with Crippen LogP contribution in [0.3, 0.4) is 0 Å². The summed E-state index contributed by atoms with van der Waals surface area (Å²) < 4.78 is 10.6. The second kappa shape index (κ2) is 47.4. The molecule has 324 valence electrons. The van der Waals surface area contributed by atoms with Gasteiger partial charge in [-0.2, -0.15) is 0 Å². The first-order chi connectivity index (χ1) is 28.6. The molecule has 0 heterocycles. The SMILES string of the molecule is CC/C=C\C/C=C\C/C=C\C/C=C\C/C=C\C/C=C\C/C=C\C/C=C\CCCCCCC(=O)OC(CO)COC(=O)CCCCCCC/C=C\C/C=C\C/C=C\CC. The summed E-state index contributed by atoms with van der Waals surface area (Å²) in [6, 6.07) is 0. The van der Waals surface area contributed by atoms with E-state index in [1.165, 1.54) is 0 Å². The molecule has 0 radical (unpaired) electrons. The van der Waals surface area contributed by atoms with Crippen LogP contribution in [0.25, 0.3) is 0 Å². The van der Waals surface area contributed by atoms with Crippen LogP contribution < -0.4 is 0 Å². The lowest BCUT2D eigenvalue weighted by molar-refractivity contribution is -0.161. The highest BCUT2D eigenvalue weighted by molar-refractivity contribution is 5.70. The first-order valence-corrected chi connectivity index (χ1v) is 22.7. The maximum Gasteiger partial charge on any atom is 0.306 e. The number of ether oxygens (including phenoxy) is 2. The van der Waals surface area contributed by atoms with E-state index in [1.54, 1.807) is 0 Å². The van der Waals surface area contributed by atoms with Gasteiger partial charge in [0, 0.05) is 12.8 Å². The van der Waals surface area contributed by atoms with Gasteiger partial charge in [-0.1, -0.05) is 180 Å². The molecule has 1 unspecified atom stereocenters. The average Bonchev–Trinajstić information content (AvgIpc) is 3.23. The molecule has 0 aliphatic rings. The Morgan fingerprint density at radius 1 is 0.397 bits per heavy atom. The minimum Gasteiger partial charge on any atom is -0.462 e. The Kier molecular flexibility index (Phi) is 44.2. The highest BCUT2D eigenvalue weighted by atomic mass is 16.6. The van der Waals surface area contributed by atoms with E-state index in [9.17, 15) is 14.7 Å². The molecule has 0 aromatic rings. The minimum absolute atomic E-state index is 0.0952. The Bertz CT molecular complexity index is 1270. The third-order valence-electron chi connectivity index (χ3n) is 8.94. The van der Waals surface area contributed by atoms with Crippen LogP contribution in [0.2, 0.25) is 0 Å². The molecule has 0 aliphatic heterocycles. The molecule has 0 saturated heterocycles. The van der Waals surface area contributed by atoms with Crippen LogP contribution >= 0.6 is 0 Å². The van der Waals surface area contributed by atoms with E-state index >= 15 is 0 Å². The summed E-state index contributed by atoms with van der Waals surface area (Å²) in [4.78, 5) is 24.3. The van der Waals surface area contributed by atoms with Gasteiger partial charge in [-0.3, -0.25) is 9.59 Å². The quantitative estimate of drug-likeness (QED) is 0.0381. The molecule has 0 spiro atoms. The second-order valence-corrected chi connectivity index (χ2v) is 14.4. The van der Waals surface area contributed by atoms with Crippen molar-refractivity contribution in [2.24, 2.45) is 0 Å². The largest absolute Gasteiger partial charge is 0.462 e. The first-order valence-electron chi connectivity index (χ1n) is 22.7. The van der Waals surface area contributed by atoms with Gasteiger partial charge < -0.3 is 14.6 Å². The normalized spacial score (nSPS) is 13.5. The average molecular weight is 799 g/mol. The van der Waals surface area contributed by atoms with E-state index < -0.39 is 6.10 Å². The number of aliphatic hydroxyl groups is 1. The second-order valence-electron chi connectivity index (χ2n) is 14.4. The number of esters is 2. The third kappa shape index (κ3) is 44.8. The summed E-state index contributed by atoms with van der Waals surface area (Å²) in [5.74, 6) is -0.654. The molecule has 0 saturated carbocycles.